The summed E-state index contributed by atoms with van der Waals surface area (Å²) in [7, 11) is 1.81. The molecule has 1 aromatic rings. The fourth-order valence-electron chi connectivity index (χ4n) is 3.41. The molecule has 0 amide bonds. The van der Waals surface area contributed by atoms with Crippen LogP contribution in [0.4, 0.5) is 0 Å². The fraction of sp³-hybridized carbons (Fsp3) is 0.667. The Labute approximate surface area is 123 Å². The summed E-state index contributed by atoms with van der Waals surface area (Å²) in [5.74, 6) is 1.76. The lowest BCUT2D eigenvalue weighted by Crippen LogP contribution is -2.34. The minimum atomic E-state index is 0.646. The molecular formula is C18H29NO. The third-order valence-corrected chi connectivity index (χ3v) is 4.71. The molecule has 0 aromatic heterocycles. The van der Waals surface area contributed by atoms with Gasteiger partial charge in [-0.25, -0.2) is 0 Å². The van der Waals surface area contributed by atoms with E-state index in [1.54, 1.807) is 7.11 Å². The Bertz CT molecular complexity index is 441. The van der Waals surface area contributed by atoms with E-state index >= 15 is 0 Å². The summed E-state index contributed by atoms with van der Waals surface area (Å²) >= 11 is 0. The molecule has 0 spiro atoms. The highest BCUT2D eigenvalue weighted by Crippen LogP contribution is 2.39. The van der Waals surface area contributed by atoms with Crippen molar-refractivity contribution in [3.63, 3.8) is 0 Å². The van der Waals surface area contributed by atoms with Gasteiger partial charge in [0.05, 0.1) is 7.11 Å². The second kappa shape index (κ2) is 7.12. The van der Waals surface area contributed by atoms with E-state index in [-0.39, 0.29) is 0 Å². The minimum Gasteiger partial charge on any atom is -0.496 e. The first-order valence-electron chi connectivity index (χ1n) is 8.04. The van der Waals surface area contributed by atoms with E-state index in [1.807, 2.05) is 0 Å². The number of hydrogen-bond donors (Lipinski definition) is 1. The Kier molecular flexibility index (Phi) is 5.47. The third-order valence-electron chi connectivity index (χ3n) is 4.71. The van der Waals surface area contributed by atoms with Gasteiger partial charge in [0.15, 0.2) is 0 Å². The first-order chi connectivity index (χ1) is 9.67. The van der Waals surface area contributed by atoms with Crippen LogP contribution >= 0.6 is 0 Å². The van der Waals surface area contributed by atoms with Crippen LogP contribution in [0.2, 0.25) is 0 Å². The number of benzene rings is 1. The van der Waals surface area contributed by atoms with Gasteiger partial charge < -0.3 is 10.1 Å². The van der Waals surface area contributed by atoms with E-state index in [1.165, 1.54) is 48.8 Å². The molecule has 0 radical (unpaired) electrons. The Balaban J connectivity index is 2.16. The predicted molar refractivity (Wildman–Crippen MR) is 85.8 cm³/mol. The van der Waals surface area contributed by atoms with Crippen LogP contribution in [0.5, 0.6) is 5.75 Å². The van der Waals surface area contributed by atoms with E-state index in [0.717, 1.165) is 12.3 Å². The van der Waals surface area contributed by atoms with E-state index < -0.39 is 0 Å². The topological polar surface area (TPSA) is 21.3 Å². The number of rotatable bonds is 5. The first-order valence-corrected chi connectivity index (χ1v) is 8.04. The largest absolute Gasteiger partial charge is 0.496 e. The van der Waals surface area contributed by atoms with E-state index in [0.29, 0.717) is 12.0 Å². The van der Waals surface area contributed by atoms with Gasteiger partial charge in [0.1, 0.15) is 5.75 Å². The van der Waals surface area contributed by atoms with Crippen LogP contribution in [0.15, 0.2) is 12.1 Å². The molecule has 2 rings (SSSR count). The van der Waals surface area contributed by atoms with Crippen molar-refractivity contribution in [1.29, 1.82) is 0 Å². The van der Waals surface area contributed by atoms with Crippen molar-refractivity contribution >= 4 is 0 Å². The molecule has 2 atom stereocenters. The summed E-state index contributed by atoms with van der Waals surface area (Å²) in [6, 6.07) is 5.21. The van der Waals surface area contributed by atoms with Gasteiger partial charge in [0, 0.05) is 6.04 Å². The zero-order valence-corrected chi connectivity index (χ0v) is 13.5. The van der Waals surface area contributed by atoms with Gasteiger partial charge >= 0.3 is 0 Å². The van der Waals surface area contributed by atoms with Gasteiger partial charge in [-0.15, -0.1) is 0 Å². The quantitative estimate of drug-likeness (QED) is 0.863. The highest BCUT2D eigenvalue weighted by molar-refractivity contribution is 5.47. The molecule has 2 nitrogen and oxygen atoms in total. The average Bonchev–Trinajstić information content (AvgIpc) is 2.48. The van der Waals surface area contributed by atoms with Gasteiger partial charge in [-0.1, -0.05) is 25.5 Å². The molecule has 0 bridgehead atoms. The normalized spacial score (nSPS) is 22.8. The molecule has 1 aromatic carbocycles. The minimum absolute atomic E-state index is 0.646. The van der Waals surface area contributed by atoms with Crippen LogP contribution in [-0.2, 0) is 0 Å². The maximum atomic E-state index is 5.71. The van der Waals surface area contributed by atoms with Crippen molar-refractivity contribution in [2.24, 2.45) is 0 Å². The molecule has 1 saturated carbocycles. The summed E-state index contributed by atoms with van der Waals surface area (Å²) in [5, 5.41) is 3.69. The molecule has 0 saturated heterocycles. The number of aryl methyl sites for hydroxylation is 1. The van der Waals surface area contributed by atoms with Crippen molar-refractivity contribution in [3.8, 4) is 5.75 Å². The maximum absolute atomic E-state index is 5.71. The van der Waals surface area contributed by atoms with Crippen molar-refractivity contribution < 1.29 is 4.74 Å². The van der Waals surface area contributed by atoms with Crippen LogP contribution < -0.4 is 10.1 Å². The van der Waals surface area contributed by atoms with Gasteiger partial charge in [0.2, 0.25) is 0 Å². The zero-order valence-electron chi connectivity index (χ0n) is 13.5. The first kappa shape index (κ1) is 15.4. The van der Waals surface area contributed by atoms with Crippen molar-refractivity contribution in [3.05, 3.63) is 28.8 Å². The lowest BCUT2D eigenvalue weighted by atomic mass is 9.80. The zero-order chi connectivity index (χ0) is 14.5. The lowest BCUT2D eigenvalue weighted by Gasteiger charge is -2.31. The molecule has 2 unspecified atom stereocenters. The highest BCUT2D eigenvalue weighted by atomic mass is 16.5. The second-order valence-electron chi connectivity index (χ2n) is 6.14. The smallest absolute Gasteiger partial charge is 0.125 e. The summed E-state index contributed by atoms with van der Waals surface area (Å²) in [4.78, 5) is 0. The molecule has 1 N–H and O–H groups in total. The molecular weight excluding hydrogens is 246 g/mol. The molecule has 0 heterocycles. The second-order valence-corrected chi connectivity index (χ2v) is 6.14. The average molecular weight is 275 g/mol. The fourth-order valence-corrected chi connectivity index (χ4v) is 3.41. The molecule has 2 heteroatoms. The van der Waals surface area contributed by atoms with E-state index in [9.17, 15) is 0 Å². The molecule has 1 aliphatic rings. The van der Waals surface area contributed by atoms with Crippen LogP contribution in [0.25, 0.3) is 0 Å². The van der Waals surface area contributed by atoms with Crippen LogP contribution in [0.3, 0.4) is 0 Å². The number of methoxy groups -OCH3 is 1. The van der Waals surface area contributed by atoms with E-state index in [4.69, 9.17) is 4.74 Å². The van der Waals surface area contributed by atoms with Gasteiger partial charge in [-0.05, 0) is 68.7 Å². The number of hydrogen-bond acceptors (Lipinski definition) is 2. The maximum Gasteiger partial charge on any atom is 0.125 e. The third kappa shape index (κ3) is 3.35. The predicted octanol–water partition coefficient (Wildman–Crippen LogP) is 4.34. The molecule has 112 valence electrons. The Hall–Kier alpha value is -1.02. The Morgan fingerprint density at radius 2 is 2.05 bits per heavy atom. The number of nitrogens with one attached hydrogen (secondary N) is 1. The van der Waals surface area contributed by atoms with E-state index in [2.05, 4.69) is 38.2 Å². The Morgan fingerprint density at radius 3 is 2.75 bits per heavy atom. The number of ether oxygens (including phenoxy) is 1. The Morgan fingerprint density at radius 1 is 1.25 bits per heavy atom. The SMILES string of the molecule is CCCNC1CCCC(c2ccc(C)c(C)c2OC)C1. The van der Waals surface area contributed by atoms with Crippen molar-refractivity contribution in [2.45, 2.75) is 64.8 Å². The lowest BCUT2D eigenvalue weighted by molar-refractivity contribution is 0.329. The van der Waals surface area contributed by atoms with Crippen molar-refractivity contribution in [1.82, 2.24) is 5.32 Å². The van der Waals surface area contributed by atoms with Gasteiger partial charge in [0.25, 0.3) is 0 Å². The molecule has 20 heavy (non-hydrogen) atoms. The highest BCUT2D eigenvalue weighted by Gasteiger charge is 2.25. The molecule has 0 aliphatic heterocycles. The molecule has 1 aliphatic carbocycles. The standard InChI is InChI=1S/C18H29NO/c1-5-11-19-16-8-6-7-15(12-16)17-10-9-13(2)14(3)18(17)20-4/h9-10,15-16,19H,5-8,11-12H2,1-4H3. The van der Waals surface area contributed by atoms with Gasteiger partial charge in [-0.2, -0.15) is 0 Å². The summed E-state index contributed by atoms with van der Waals surface area (Å²) in [5.41, 5.74) is 4.04. The molecule has 1 fully saturated rings. The van der Waals surface area contributed by atoms with Crippen LogP contribution in [0, 0.1) is 13.8 Å². The summed E-state index contributed by atoms with van der Waals surface area (Å²) < 4.78 is 5.71. The summed E-state index contributed by atoms with van der Waals surface area (Å²) in [6.45, 7) is 7.71. The van der Waals surface area contributed by atoms with Gasteiger partial charge in [-0.3, -0.25) is 0 Å². The van der Waals surface area contributed by atoms with Crippen LogP contribution in [0.1, 0.15) is 61.6 Å². The van der Waals surface area contributed by atoms with Crippen LogP contribution in [-0.4, -0.2) is 19.7 Å². The monoisotopic (exact) mass is 275 g/mol. The van der Waals surface area contributed by atoms with Crippen molar-refractivity contribution in [2.75, 3.05) is 13.7 Å². The summed E-state index contributed by atoms with van der Waals surface area (Å²) in [6.07, 6.45) is 6.40.